The Hall–Kier alpha value is -2.68. The zero-order chi connectivity index (χ0) is 23.9. The molecule has 33 heavy (non-hydrogen) atoms. The Labute approximate surface area is 189 Å². The topological polar surface area (TPSA) is 58.4 Å². The molecular formula is C24H27F4N3O2. The summed E-state index contributed by atoms with van der Waals surface area (Å²) in [5.74, 6) is -1.29. The molecule has 0 aliphatic heterocycles. The number of alkyl halides is 3. The number of amides is 1. The first kappa shape index (κ1) is 23.5. The van der Waals surface area contributed by atoms with Gasteiger partial charge in [0, 0.05) is 24.4 Å². The van der Waals surface area contributed by atoms with Gasteiger partial charge in [-0.05, 0) is 43.5 Å². The van der Waals surface area contributed by atoms with Crippen molar-refractivity contribution in [1.29, 1.82) is 0 Å². The number of aromatic nitrogens is 2. The number of carbonyl (C=O) groups is 1. The summed E-state index contributed by atoms with van der Waals surface area (Å²) < 4.78 is 53.9. The Morgan fingerprint density at radius 2 is 2.00 bits per heavy atom. The summed E-state index contributed by atoms with van der Waals surface area (Å²) >= 11 is 0. The van der Waals surface area contributed by atoms with Gasteiger partial charge >= 0.3 is 6.18 Å². The number of aliphatic hydroxyl groups excluding tert-OH is 1. The molecule has 3 atom stereocenters. The average Bonchev–Trinajstić information content (AvgIpc) is 3.38. The number of halogens is 4. The second-order valence-electron chi connectivity index (χ2n) is 8.83. The zero-order valence-electron chi connectivity index (χ0n) is 18.6. The summed E-state index contributed by atoms with van der Waals surface area (Å²) in [5, 5.41) is 14.0. The molecule has 0 fully saturated rings. The first-order valence-electron chi connectivity index (χ1n) is 11.2. The fourth-order valence-corrected chi connectivity index (χ4v) is 5.11. The minimum absolute atomic E-state index is 0.106. The lowest BCUT2D eigenvalue weighted by Gasteiger charge is -2.32. The van der Waals surface area contributed by atoms with E-state index >= 15 is 0 Å². The molecular weight excluding hydrogens is 438 g/mol. The number of rotatable bonds is 6. The minimum atomic E-state index is -4.77. The largest absolute Gasteiger partial charge is 0.416 e. The maximum Gasteiger partial charge on any atom is 0.416 e. The highest BCUT2D eigenvalue weighted by Gasteiger charge is 2.43. The Morgan fingerprint density at radius 1 is 1.30 bits per heavy atom. The first-order valence-corrected chi connectivity index (χ1v) is 11.2. The van der Waals surface area contributed by atoms with Gasteiger partial charge in [0.05, 0.1) is 30.0 Å². The number of aliphatic hydroxyl groups is 1. The molecule has 0 bridgehead atoms. The van der Waals surface area contributed by atoms with Crippen molar-refractivity contribution in [3.8, 4) is 5.69 Å². The molecule has 0 saturated carbocycles. The third-order valence-corrected chi connectivity index (χ3v) is 6.68. The molecule has 2 aliphatic carbocycles. The molecule has 1 N–H and O–H groups in total. The van der Waals surface area contributed by atoms with Gasteiger partial charge < -0.3 is 10.0 Å². The number of carbonyl (C=O) groups excluding carboxylic acids is 1. The number of hydrogen-bond acceptors (Lipinski definition) is 3. The van der Waals surface area contributed by atoms with Crippen LogP contribution >= 0.6 is 0 Å². The minimum Gasteiger partial charge on any atom is -0.382 e. The quantitative estimate of drug-likeness (QED) is 0.504. The fraction of sp³-hybridized carbons (Fsp3) is 0.500. The van der Waals surface area contributed by atoms with Crippen molar-refractivity contribution in [2.45, 2.75) is 57.7 Å². The third-order valence-electron chi connectivity index (χ3n) is 6.68. The highest BCUT2D eigenvalue weighted by atomic mass is 19.4. The van der Waals surface area contributed by atoms with Crippen LogP contribution < -0.4 is 0 Å². The first-order chi connectivity index (χ1) is 15.6. The van der Waals surface area contributed by atoms with E-state index in [0.717, 1.165) is 33.0 Å². The van der Waals surface area contributed by atoms with Crippen LogP contribution in [0.2, 0.25) is 0 Å². The highest BCUT2D eigenvalue weighted by molar-refractivity contribution is 5.83. The van der Waals surface area contributed by atoms with Crippen LogP contribution in [0.5, 0.6) is 0 Å². The molecule has 2 aliphatic rings. The van der Waals surface area contributed by atoms with Gasteiger partial charge in [-0.25, -0.2) is 9.07 Å². The Balaban J connectivity index is 1.59. The number of allylic oxidation sites excluding steroid dienone is 1. The van der Waals surface area contributed by atoms with Crippen LogP contribution in [-0.4, -0.2) is 51.1 Å². The molecule has 1 aromatic carbocycles. The van der Waals surface area contributed by atoms with Gasteiger partial charge in [0.1, 0.15) is 5.82 Å². The van der Waals surface area contributed by atoms with Crippen molar-refractivity contribution < 1.29 is 27.5 Å². The molecule has 5 nitrogen and oxygen atoms in total. The van der Waals surface area contributed by atoms with Crippen LogP contribution in [0, 0.1) is 11.7 Å². The number of hydrogen-bond donors (Lipinski definition) is 1. The SMILES string of the molecule is CCCN(CC(O)C(F)(F)F)C(=O)[C@@H]1CCC2=C1[C@@H](C)c1cnn(-c3ccc(F)cc3)c1C2. The van der Waals surface area contributed by atoms with Gasteiger partial charge in [-0.3, -0.25) is 4.79 Å². The maximum absolute atomic E-state index is 13.3. The van der Waals surface area contributed by atoms with Gasteiger partial charge in [0.15, 0.2) is 6.10 Å². The molecule has 1 unspecified atom stereocenters. The summed E-state index contributed by atoms with van der Waals surface area (Å²) in [6.45, 7) is 3.19. The highest BCUT2D eigenvalue weighted by Crippen LogP contribution is 2.47. The summed E-state index contributed by atoms with van der Waals surface area (Å²) in [6.07, 6.45) is -3.25. The van der Waals surface area contributed by atoms with Crippen molar-refractivity contribution in [3.63, 3.8) is 0 Å². The van der Waals surface area contributed by atoms with E-state index in [0.29, 0.717) is 25.7 Å². The normalized spacial score (nSPS) is 21.1. The smallest absolute Gasteiger partial charge is 0.382 e. The molecule has 9 heteroatoms. The Kier molecular flexibility index (Phi) is 6.35. The number of benzene rings is 1. The van der Waals surface area contributed by atoms with Crippen LogP contribution in [0.15, 0.2) is 41.6 Å². The summed E-state index contributed by atoms with van der Waals surface area (Å²) in [6, 6.07) is 6.07. The summed E-state index contributed by atoms with van der Waals surface area (Å²) in [5.41, 5.74) is 4.78. The van der Waals surface area contributed by atoms with Crippen LogP contribution in [-0.2, 0) is 11.2 Å². The molecule has 178 valence electrons. The van der Waals surface area contributed by atoms with E-state index in [1.165, 1.54) is 12.1 Å². The van der Waals surface area contributed by atoms with Gasteiger partial charge in [-0.2, -0.15) is 18.3 Å². The molecule has 1 heterocycles. The molecule has 1 amide bonds. The second-order valence-corrected chi connectivity index (χ2v) is 8.83. The van der Waals surface area contributed by atoms with E-state index in [4.69, 9.17) is 0 Å². The van der Waals surface area contributed by atoms with Crippen molar-refractivity contribution in [3.05, 3.63) is 58.7 Å². The van der Waals surface area contributed by atoms with Crippen molar-refractivity contribution in [2.24, 2.45) is 5.92 Å². The maximum atomic E-state index is 13.3. The van der Waals surface area contributed by atoms with Crippen molar-refractivity contribution in [2.75, 3.05) is 13.1 Å². The Morgan fingerprint density at radius 3 is 2.64 bits per heavy atom. The van der Waals surface area contributed by atoms with E-state index in [1.807, 2.05) is 6.92 Å². The van der Waals surface area contributed by atoms with Gasteiger partial charge in [0.2, 0.25) is 5.91 Å². The van der Waals surface area contributed by atoms with Crippen molar-refractivity contribution >= 4 is 5.91 Å². The molecule has 0 radical (unpaired) electrons. The molecule has 4 rings (SSSR count). The van der Waals surface area contributed by atoms with Crippen LogP contribution in [0.4, 0.5) is 17.6 Å². The van der Waals surface area contributed by atoms with E-state index in [1.54, 1.807) is 29.9 Å². The molecule has 0 saturated heterocycles. The molecule has 1 aromatic heterocycles. The zero-order valence-corrected chi connectivity index (χ0v) is 18.6. The van der Waals surface area contributed by atoms with Gasteiger partial charge in [-0.15, -0.1) is 0 Å². The lowest BCUT2D eigenvalue weighted by Crippen LogP contribution is -2.46. The van der Waals surface area contributed by atoms with Gasteiger partial charge in [0.25, 0.3) is 0 Å². The predicted octanol–water partition coefficient (Wildman–Crippen LogP) is 4.54. The third kappa shape index (κ3) is 4.43. The number of nitrogens with zero attached hydrogens (tertiary/aromatic N) is 3. The van der Waals surface area contributed by atoms with Crippen LogP contribution in [0.25, 0.3) is 5.69 Å². The van der Waals surface area contributed by atoms with Crippen LogP contribution in [0.3, 0.4) is 0 Å². The van der Waals surface area contributed by atoms with E-state index in [2.05, 4.69) is 5.10 Å². The summed E-state index contributed by atoms with van der Waals surface area (Å²) in [7, 11) is 0. The van der Waals surface area contributed by atoms with E-state index in [9.17, 15) is 27.5 Å². The lowest BCUT2D eigenvalue weighted by molar-refractivity contribution is -0.208. The average molecular weight is 465 g/mol. The standard InChI is InChI=1S/C24H27F4N3O2/c1-3-10-30(13-21(32)24(26,27)28)23(33)18-9-4-15-11-20-19(14(2)22(15)18)12-29-31(20)17-7-5-16(25)6-8-17/h5-8,12,14,18,21,32H,3-4,9-11,13H2,1-2H3/t14-,18+,21?/m0/s1. The van der Waals surface area contributed by atoms with Crippen molar-refractivity contribution in [1.82, 2.24) is 14.7 Å². The molecule has 2 aromatic rings. The number of fused-ring (bicyclic) bond motifs is 1. The van der Waals surface area contributed by atoms with Crippen LogP contribution in [0.1, 0.15) is 50.3 Å². The fourth-order valence-electron chi connectivity index (χ4n) is 5.11. The summed E-state index contributed by atoms with van der Waals surface area (Å²) in [4.78, 5) is 14.5. The molecule has 0 spiro atoms. The Bertz CT molecular complexity index is 1060. The van der Waals surface area contributed by atoms with E-state index in [-0.39, 0.29) is 24.2 Å². The van der Waals surface area contributed by atoms with Gasteiger partial charge in [-0.1, -0.05) is 25.0 Å². The van der Waals surface area contributed by atoms with E-state index < -0.39 is 24.7 Å². The predicted molar refractivity (Wildman–Crippen MR) is 114 cm³/mol. The second kappa shape index (κ2) is 8.93. The lowest BCUT2D eigenvalue weighted by atomic mass is 9.79. The monoisotopic (exact) mass is 465 g/mol.